The van der Waals surface area contributed by atoms with Crippen LogP contribution in [0.5, 0.6) is 0 Å². The Labute approximate surface area is 88.6 Å². The summed E-state index contributed by atoms with van der Waals surface area (Å²) in [5.41, 5.74) is 6.06. The van der Waals surface area contributed by atoms with E-state index in [9.17, 15) is 4.79 Å². The van der Waals surface area contributed by atoms with Crippen LogP contribution in [0.2, 0.25) is 0 Å². The second-order valence-corrected chi connectivity index (χ2v) is 3.27. The first-order valence-corrected chi connectivity index (χ1v) is 4.82. The van der Waals surface area contributed by atoms with E-state index in [1.165, 1.54) is 4.68 Å². The summed E-state index contributed by atoms with van der Waals surface area (Å²) in [7, 11) is 0. The van der Waals surface area contributed by atoms with Crippen LogP contribution < -0.4 is 5.73 Å². The number of primary amides is 1. The molecule has 0 aliphatic heterocycles. The zero-order chi connectivity index (χ0) is 11.3. The van der Waals surface area contributed by atoms with Crippen molar-refractivity contribution in [1.82, 2.24) is 15.0 Å². The number of carbonyl (C=O) groups is 1. The Morgan fingerprint density at radius 1 is 1.80 bits per heavy atom. The Bertz CT molecular complexity index is 377. The van der Waals surface area contributed by atoms with Gasteiger partial charge in [0.25, 0.3) is 0 Å². The lowest BCUT2D eigenvalue weighted by molar-refractivity contribution is -0.121. The van der Waals surface area contributed by atoms with E-state index in [1.54, 1.807) is 6.20 Å². The SMILES string of the molecule is C#CCC(C(N)=O)n1cc(CCC)nn1. The lowest BCUT2D eigenvalue weighted by atomic mass is 10.2. The van der Waals surface area contributed by atoms with Crippen molar-refractivity contribution in [2.24, 2.45) is 5.73 Å². The minimum absolute atomic E-state index is 0.240. The fraction of sp³-hybridized carbons (Fsp3) is 0.500. The quantitative estimate of drug-likeness (QED) is 0.703. The third-order valence-corrected chi connectivity index (χ3v) is 2.02. The highest BCUT2D eigenvalue weighted by Gasteiger charge is 2.17. The van der Waals surface area contributed by atoms with Gasteiger partial charge in [0, 0.05) is 12.6 Å². The number of hydrogen-bond donors (Lipinski definition) is 1. The molecule has 80 valence electrons. The molecule has 1 aromatic heterocycles. The maximum atomic E-state index is 11.1. The van der Waals surface area contributed by atoms with Crippen LogP contribution in [0.1, 0.15) is 31.5 Å². The number of terminal acetylenes is 1. The molecule has 2 N–H and O–H groups in total. The number of carbonyl (C=O) groups excluding carboxylic acids is 1. The standard InChI is InChI=1S/C10H14N4O/c1-3-5-8-7-14(13-12-8)9(6-4-2)10(11)15/h2,7,9H,3,5-6H2,1H3,(H2,11,15). The van der Waals surface area contributed by atoms with Crippen LogP contribution in [0.25, 0.3) is 0 Å². The Morgan fingerprint density at radius 2 is 2.53 bits per heavy atom. The summed E-state index contributed by atoms with van der Waals surface area (Å²) in [6.07, 6.45) is 8.93. The first-order chi connectivity index (χ1) is 7.19. The zero-order valence-electron chi connectivity index (χ0n) is 8.68. The van der Waals surface area contributed by atoms with Crippen molar-refractivity contribution in [1.29, 1.82) is 0 Å². The molecule has 0 aliphatic carbocycles. The van der Waals surface area contributed by atoms with Crippen molar-refractivity contribution in [3.05, 3.63) is 11.9 Å². The molecule has 0 aliphatic rings. The summed E-state index contributed by atoms with van der Waals surface area (Å²) >= 11 is 0. The van der Waals surface area contributed by atoms with E-state index in [0.717, 1.165) is 18.5 Å². The number of rotatable bonds is 5. The van der Waals surface area contributed by atoms with Gasteiger partial charge in [0.2, 0.25) is 5.91 Å². The van der Waals surface area contributed by atoms with Gasteiger partial charge >= 0.3 is 0 Å². The predicted octanol–water partition coefficient (Wildman–Crippen LogP) is 0.280. The number of hydrogen-bond acceptors (Lipinski definition) is 3. The molecule has 5 heteroatoms. The van der Waals surface area contributed by atoms with Crippen molar-refractivity contribution in [2.75, 3.05) is 0 Å². The molecule has 0 aromatic carbocycles. The number of nitrogens with two attached hydrogens (primary N) is 1. The molecular weight excluding hydrogens is 192 g/mol. The molecule has 5 nitrogen and oxygen atoms in total. The first-order valence-electron chi connectivity index (χ1n) is 4.82. The van der Waals surface area contributed by atoms with Gasteiger partial charge in [-0.25, -0.2) is 4.68 Å². The summed E-state index contributed by atoms with van der Waals surface area (Å²) in [5, 5.41) is 7.77. The second-order valence-electron chi connectivity index (χ2n) is 3.27. The fourth-order valence-electron chi connectivity index (χ4n) is 1.27. The van der Waals surface area contributed by atoms with Gasteiger partial charge < -0.3 is 5.73 Å². The summed E-state index contributed by atoms with van der Waals surface area (Å²) in [5.74, 6) is 1.91. The smallest absolute Gasteiger partial charge is 0.243 e. The van der Waals surface area contributed by atoms with Crippen molar-refractivity contribution in [3.8, 4) is 12.3 Å². The van der Waals surface area contributed by atoms with Gasteiger partial charge in [-0.3, -0.25) is 4.79 Å². The van der Waals surface area contributed by atoms with E-state index in [0.29, 0.717) is 0 Å². The van der Waals surface area contributed by atoms with Gasteiger partial charge in [0.05, 0.1) is 5.69 Å². The Kier molecular flexibility index (Phi) is 3.86. The van der Waals surface area contributed by atoms with E-state index < -0.39 is 11.9 Å². The molecule has 0 radical (unpaired) electrons. The van der Waals surface area contributed by atoms with Gasteiger partial charge in [-0.1, -0.05) is 18.6 Å². The first kappa shape index (κ1) is 11.2. The maximum Gasteiger partial charge on any atom is 0.243 e. The van der Waals surface area contributed by atoms with E-state index in [-0.39, 0.29) is 6.42 Å². The van der Waals surface area contributed by atoms with Gasteiger partial charge in [-0.05, 0) is 6.42 Å². The summed E-state index contributed by atoms with van der Waals surface area (Å²) < 4.78 is 1.44. The molecule has 0 bridgehead atoms. The minimum Gasteiger partial charge on any atom is -0.368 e. The maximum absolute atomic E-state index is 11.1. The van der Waals surface area contributed by atoms with Gasteiger partial charge in [0.1, 0.15) is 6.04 Å². The Hall–Kier alpha value is -1.83. The molecular formula is C10H14N4O. The van der Waals surface area contributed by atoms with Crippen molar-refractivity contribution < 1.29 is 4.79 Å². The van der Waals surface area contributed by atoms with Crippen molar-refractivity contribution in [3.63, 3.8) is 0 Å². The highest BCUT2D eigenvalue weighted by Crippen LogP contribution is 2.09. The Morgan fingerprint density at radius 3 is 3.07 bits per heavy atom. The monoisotopic (exact) mass is 206 g/mol. The minimum atomic E-state index is -0.590. The summed E-state index contributed by atoms with van der Waals surface area (Å²) in [6.45, 7) is 2.05. The van der Waals surface area contributed by atoms with Gasteiger partial charge in [-0.2, -0.15) is 0 Å². The Balaban J connectivity index is 2.82. The lowest BCUT2D eigenvalue weighted by Gasteiger charge is -2.08. The fourth-order valence-corrected chi connectivity index (χ4v) is 1.27. The van der Waals surface area contributed by atoms with Crippen LogP contribution in [0, 0.1) is 12.3 Å². The predicted molar refractivity (Wildman–Crippen MR) is 55.7 cm³/mol. The topological polar surface area (TPSA) is 73.8 Å². The average molecular weight is 206 g/mol. The van der Waals surface area contributed by atoms with Crippen molar-refractivity contribution in [2.45, 2.75) is 32.2 Å². The largest absolute Gasteiger partial charge is 0.368 e. The summed E-state index contributed by atoms with van der Waals surface area (Å²) in [6, 6.07) is -0.590. The van der Waals surface area contributed by atoms with Crippen LogP contribution in [0.3, 0.4) is 0 Å². The van der Waals surface area contributed by atoms with E-state index in [4.69, 9.17) is 12.2 Å². The van der Waals surface area contributed by atoms with E-state index >= 15 is 0 Å². The normalized spacial score (nSPS) is 12.0. The lowest BCUT2D eigenvalue weighted by Crippen LogP contribution is -2.26. The van der Waals surface area contributed by atoms with Gasteiger partial charge in [0.15, 0.2) is 0 Å². The van der Waals surface area contributed by atoms with Crippen LogP contribution in [0.4, 0.5) is 0 Å². The third kappa shape index (κ3) is 2.81. The second kappa shape index (κ2) is 5.15. The highest BCUT2D eigenvalue weighted by atomic mass is 16.1. The molecule has 1 amide bonds. The van der Waals surface area contributed by atoms with Crippen LogP contribution >= 0.6 is 0 Å². The molecule has 1 unspecified atom stereocenters. The summed E-state index contributed by atoms with van der Waals surface area (Å²) in [4.78, 5) is 11.1. The molecule has 1 rings (SSSR count). The molecule has 1 atom stereocenters. The molecule has 0 fully saturated rings. The van der Waals surface area contributed by atoms with Crippen LogP contribution in [-0.2, 0) is 11.2 Å². The highest BCUT2D eigenvalue weighted by molar-refractivity contribution is 5.78. The van der Waals surface area contributed by atoms with E-state index in [2.05, 4.69) is 16.2 Å². The number of amides is 1. The molecule has 0 saturated carbocycles. The molecule has 0 saturated heterocycles. The number of aromatic nitrogens is 3. The van der Waals surface area contributed by atoms with E-state index in [1.807, 2.05) is 6.92 Å². The third-order valence-electron chi connectivity index (χ3n) is 2.02. The van der Waals surface area contributed by atoms with Crippen LogP contribution in [0.15, 0.2) is 6.20 Å². The van der Waals surface area contributed by atoms with Gasteiger partial charge in [-0.15, -0.1) is 17.4 Å². The molecule has 1 heterocycles. The number of nitrogens with zero attached hydrogens (tertiary/aromatic N) is 3. The zero-order valence-corrected chi connectivity index (χ0v) is 8.68. The van der Waals surface area contributed by atoms with Crippen LogP contribution in [-0.4, -0.2) is 20.9 Å². The molecule has 0 spiro atoms. The number of aryl methyl sites for hydroxylation is 1. The molecule has 15 heavy (non-hydrogen) atoms. The van der Waals surface area contributed by atoms with Crippen molar-refractivity contribution >= 4 is 5.91 Å². The average Bonchev–Trinajstić information content (AvgIpc) is 2.62. The molecule has 1 aromatic rings.